The van der Waals surface area contributed by atoms with E-state index >= 15 is 0 Å². The molecule has 0 atom stereocenters. The van der Waals surface area contributed by atoms with E-state index in [0.717, 1.165) is 22.9 Å². The van der Waals surface area contributed by atoms with Gasteiger partial charge in [0.2, 0.25) is 0 Å². The van der Waals surface area contributed by atoms with Gasteiger partial charge in [0.1, 0.15) is 10.8 Å². The maximum absolute atomic E-state index is 12.7. The van der Waals surface area contributed by atoms with Crippen molar-refractivity contribution in [2.24, 2.45) is 0 Å². The topological polar surface area (TPSA) is 72.8 Å². The van der Waals surface area contributed by atoms with Gasteiger partial charge >= 0.3 is 12.3 Å². The zero-order chi connectivity index (χ0) is 23.6. The van der Waals surface area contributed by atoms with Crippen LogP contribution in [0.1, 0.15) is 5.56 Å². The maximum atomic E-state index is 12.7. The Morgan fingerprint density at radius 1 is 1.03 bits per heavy atom. The first kappa shape index (κ1) is 22.3. The number of carbonyl (C=O) groups is 1. The van der Waals surface area contributed by atoms with E-state index in [4.69, 9.17) is 11.6 Å². The largest absolute Gasteiger partial charge is 0.452 e. The smallest absolute Gasteiger partial charge is 0.419 e. The zero-order valence-corrected chi connectivity index (χ0v) is 17.9. The summed E-state index contributed by atoms with van der Waals surface area (Å²) in [6.45, 7) is 0. The standard InChI is InChI=1S/C14H9F3N2.C9H7ClN2O2/c15-14(16,17)11-3-1-2-10(8-11)12-5-4-9-6-7-18-13(9)19-12;1-14-9(13)12-5-4-6-2-3-7(10)11-8(6)12/h1-8H,(H,18,19);2-5H,1H3. The number of methoxy groups -OCH3 is 1. The molecule has 0 aliphatic carbocycles. The maximum Gasteiger partial charge on any atom is 0.419 e. The van der Waals surface area contributed by atoms with E-state index in [0.29, 0.717) is 27.7 Å². The molecule has 6 nitrogen and oxygen atoms in total. The fourth-order valence-electron chi connectivity index (χ4n) is 3.18. The van der Waals surface area contributed by atoms with Crippen molar-refractivity contribution in [1.29, 1.82) is 0 Å². The van der Waals surface area contributed by atoms with Crippen molar-refractivity contribution in [2.75, 3.05) is 7.11 Å². The first-order valence-electron chi connectivity index (χ1n) is 9.60. The number of halogens is 4. The molecule has 5 rings (SSSR count). The summed E-state index contributed by atoms with van der Waals surface area (Å²) in [5, 5.41) is 2.12. The van der Waals surface area contributed by atoms with Crippen LogP contribution in [-0.4, -0.2) is 32.7 Å². The molecule has 0 aliphatic rings. The summed E-state index contributed by atoms with van der Waals surface area (Å²) in [5.74, 6) is 0. The molecule has 0 bridgehead atoms. The van der Waals surface area contributed by atoms with E-state index in [1.54, 1.807) is 42.7 Å². The highest BCUT2D eigenvalue weighted by Crippen LogP contribution is 2.32. The second-order valence-electron chi connectivity index (χ2n) is 6.89. The predicted molar refractivity (Wildman–Crippen MR) is 119 cm³/mol. The van der Waals surface area contributed by atoms with Crippen molar-refractivity contribution in [3.05, 3.63) is 83.8 Å². The van der Waals surface area contributed by atoms with E-state index in [9.17, 15) is 18.0 Å². The van der Waals surface area contributed by atoms with Gasteiger partial charge in [-0.15, -0.1) is 0 Å². The highest BCUT2D eigenvalue weighted by Gasteiger charge is 2.30. The van der Waals surface area contributed by atoms with Crippen LogP contribution in [0, 0.1) is 0 Å². The third-order valence-corrected chi connectivity index (χ3v) is 4.98. The van der Waals surface area contributed by atoms with Crippen LogP contribution in [0.4, 0.5) is 18.0 Å². The lowest BCUT2D eigenvalue weighted by molar-refractivity contribution is -0.137. The van der Waals surface area contributed by atoms with Crippen molar-refractivity contribution < 1.29 is 22.7 Å². The summed E-state index contributed by atoms with van der Waals surface area (Å²) in [6, 6.07) is 15.8. The van der Waals surface area contributed by atoms with Crippen LogP contribution in [0.5, 0.6) is 0 Å². The molecule has 33 heavy (non-hydrogen) atoms. The Balaban J connectivity index is 0.000000165. The number of ether oxygens (including phenoxy) is 1. The fourth-order valence-corrected chi connectivity index (χ4v) is 3.32. The fraction of sp³-hybridized carbons (Fsp3) is 0.0870. The summed E-state index contributed by atoms with van der Waals surface area (Å²) >= 11 is 5.72. The Morgan fingerprint density at radius 2 is 1.82 bits per heavy atom. The Hall–Kier alpha value is -3.85. The van der Waals surface area contributed by atoms with Gasteiger partial charge in [-0.05, 0) is 48.5 Å². The number of carbonyl (C=O) groups excluding carboxylic acids is 1. The number of aromatic amines is 1. The van der Waals surface area contributed by atoms with Gasteiger partial charge in [0, 0.05) is 28.7 Å². The van der Waals surface area contributed by atoms with Crippen LogP contribution < -0.4 is 0 Å². The molecule has 0 saturated heterocycles. The lowest BCUT2D eigenvalue weighted by atomic mass is 10.1. The van der Waals surface area contributed by atoms with Crippen LogP contribution in [0.25, 0.3) is 33.3 Å². The molecule has 4 heterocycles. The second kappa shape index (κ2) is 8.95. The summed E-state index contributed by atoms with van der Waals surface area (Å²) in [4.78, 5) is 22.5. The molecule has 168 valence electrons. The van der Waals surface area contributed by atoms with Crippen LogP contribution >= 0.6 is 11.6 Å². The molecule has 0 fully saturated rings. The number of alkyl halides is 3. The van der Waals surface area contributed by atoms with Crippen LogP contribution in [0.2, 0.25) is 5.15 Å². The minimum Gasteiger partial charge on any atom is -0.452 e. The van der Waals surface area contributed by atoms with Gasteiger partial charge in [0.05, 0.1) is 18.4 Å². The predicted octanol–water partition coefficient (Wildman–Crippen LogP) is 6.55. The third-order valence-electron chi connectivity index (χ3n) is 4.77. The lowest BCUT2D eigenvalue weighted by Crippen LogP contribution is -2.10. The van der Waals surface area contributed by atoms with Gasteiger partial charge in [-0.2, -0.15) is 13.2 Å². The summed E-state index contributed by atoms with van der Waals surface area (Å²) in [7, 11) is 1.32. The number of hydrogen-bond acceptors (Lipinski definition) is 4. The number of nitrogens with zero attached hydrogens (tertiary/aromatic N) is 3. The summed E-state index contributed by atoms with van der Waals surface area (Å²) < 4.78 is 43.9. The third kappa shape index (κ3) is 4.83. The first-order chi connectivity index (χ1) is 15.8. The number of pyridine rings is 2. The van der Waals surface area contributed by atoms with Crippen LogP contribution in [0.3, 0.4) is 0 Å². The Bertz CT molecular complexity index is 1440. The monoisotopic (exact) mass is 472 g/mol. The minimum absolute atomic E-state index is 0.348. The number of nitrogens with one attached hydrogen (secondary N) is 1. The van der Waals surface area contributed by atoms with Crippen molar-refractivity contribution >= 4 is 39.8 Å². The molecule has 0 aliphatic heterocycles. The highest BCUT2D eigenvalue weighted by atomic mass is 35.5. The molecule has 5 aromatic rings. The molecule has 0 unspecified atom stereocenters. The van der Waals surface area contributed by atoms with Crippen LogP contribution in [-0.2, 0) is 10.9 Å². The number of rotatable bonds is 1. The first-order valence-corrected chi connectivity index (χ1v) is 9.98. The molecule has 1 aromatic carbocycles. The van der Waals surface area contributed by atoms with E-state index in [-0.39, 0.29) is 0 Å². The average molecular weight is 473 g/mol. The van der Waals surface area contributed by atoms with Crippen LogP contribution in [0.15, 0.2) is 73.1 Å². The van der Waals surface area contributed by atoms with E-state index in [2.05, 4.69) is 19.7 Å². The molecule has 0 radical (unpaired) electrons. The number of aromatic nitrogens is 4. The highest BCUT2D eigenvalue weighted by molar-refractivity contribution is 6.29. The molecular formula is C23H16ClF3N4O2. The van der Waals surface area contributed by atoms with Gasteiger partial charge in [-0.1, -0.05) is 23.7 Å². The Labute approximate surface area is 190 Å². The lowest BCUT2D eigenvalue weighted by Gasteiger charge is -2.08. The van der Waals surface area contributed by atoms with E-state index in [1.807, 2.05) is 12.1 Å². The number of hydrogen-bond donors (Lipinski definition) is 1. The molecule has 0 saturated carbocycles. The van der Waals surface area contributed by atoms with Crippen molar-refractivity contribution in [3.8, 4) is 11.3 Å². The minimum atomic E-state index is -4.34. The zero-order valence-electron chi connectivity index (χ0n) is 17.1. The van der Waals surface area contributed by atoms with Gasteiger partial charge < -0.3 is 9.72 Å². The van der Waals surface area contributed by atoms with E-state index < -0.39 is 17.8 Å². The molecular weight excluding hydrogens is 457 g/mol. The molecule has 4 aromatic heterocycles. The van der Waals surface area contributed by atoms with Crippen molar-refractivity contribution in [2.45, 2.75) is 6.18 Å². The summed E-state index contributed by atoms with van der Waals surface area (Å²) in [6.07, 6.45) is -1.48. The number of fused-ring (bicyclic) bond motifs is 2. The van der Waals surface area contributed by atoms with Gasteiger partial charge in [-0.3, -0.25) is 0 Å². The van der Waals surface area contributed by atoms with E-state index in [1.165, 1.54) is 17.7 Å². The summed E-state index contributed by atoms with van der Waals surface area (Å²) in [5.41, 5.74) is 1.46. The van der Waals surface area contributed by atoms with Gasteiger partial charge in [-0.25, -0.2) is 19.3 Å². The van der Waals surface area contributed by atoms with Crippen molar-refractivity contribution in [1.82, 2.24) is 19.5 Å². The van der Waals surface area contributed by atoms with Crippen molar-refractivity contribution in [3.63, 3.8) is 0 Å². The number of H-pyrrole nitrogens is 1. The molecule has 10 heteroatoms. The number of benzene rings is 1. The second-order valence-corrected chi connectivity index (χ2v) is 7.28. The quantitative estimate of drug-likeness (QED) is 0.281. The molecule has 0 spiro atoms. The molecule has 1 N–H and O–H groups in total. The molecule has 0 amide bonds. The average Bonchev–Trinajstić information content (AvgIpc) is 3.44. The SMILES string of the molecule is COC(=O)n1ccc2ccc(Cl)nc21.FC(F)(F)c1cccc(-c2ccc3cc[nH]c3n2)c1. The van der Waals surface area contributed by atoms with Gasteiger partial charge in [0.25, 0.3) is 0 Å². The normalized spacial score (nSPS) is 11.3. The Morgan fingerprint density at radius 3 is 2.58 bits per heavy atom. The van der Waals surface area contributed by atoms with Gasteiger partial charge in [0.15, 0.2) is 5.65 Å². The Kier molecular flexibility index (Phi) is 6.06.